The van der Waals surface area contributed by atoms with Gasteiger partial charge in [-0.25, -0.2) is 0 Å². The van der Waals surface area contributed by atoms with Crippen molar-refractivity contribution in [1.29, 1.82) is 0 Å². The molecule has 1 aliphatic rings. The first-order valence-corrected chi connectivity index (χ1v) is 8.27. The van der Waals surface area contributed by atoms with Crippen LogP contribution in [0.3, 0.4) is 0 Å². The molecule has 0 aliphatic carbocycles. The fourth-order valence-electron chi connectivity index (χ4n) is 2.79. The van der Waals surface area contributed by atoms with Crippen molar-refractivity contribution in [2.45, 2.75) is 11.0 Å². The van der Waals surface area contributed by atoms with Gasteiger partial charge >= 0.3 is 0 Å². The van der Waals surface area contributed by atoms with E-state index in [0.717, 1.165) is 12.3 Å². The molecule has 2 aromatic carbocycles. The Balaban J connectivity index is 1.98. The second-order valence-corrected chi connectivity index (χ2v) is 6.86. The van der Waals surface area contributed by atoms with Crippen LogP contribution in [0.2, 0.25) is 0 Å². The molecular weight excluding hydrogens is 278 g/mol. The van der Waals surface area contributed by atoms with Crippen LogP contribution in [0.4, 0.5) is 0 Å². The van der Waals surface area contributed by atoms with Crippen molar-refractivity contribution < 1.29 is 4.74 Å². The van der Waals surface area contributed by atoms with Crippen LogP contribution < -0.4 is 0 Å². The van der Waals surface area contributed by atoms with Crippen molar-refractivity contribution >= 4 is 11.8 Å². The second-order valence-electron chi connectivity index (χ2n) is 5.66. The van der Waals surface area contributed by atoms with Crippen molar-refractivity contribution in [3.05, 3.63) is 71.8 Å². The molecule has 0 spiro atoms. The minimum atomic E-state index is -0.372. The normalized spacial score (nSPS) is 20.8. The standard InChI is InChI=1S/C18H21NOS/c1-19(2)13-17-14-21-18(20-17,15-9-5-3-6-10-15)16-11-7-4-8-12-16/h3-12,17H,13-14H2,1-2H3/t17-/m1/s1. The van der Waals surface area contributed by atoms with Crippen molar-refractivity contribution in [2.75, 3.05) is 26.4 Å². The minimum Gasteiger partial charge on any atom is -0.350 e. The lowest BCUT2D eigenvalue weighted by Crippen LogP contribution is -2.31. The molecular formula is C18H21NOS. The number of likely N-dealkylation sites (N-methyl/N-ethyl adjacent to an activating group) is 1. The number of ether oxygens (including phenoxy) is 1. The quantitative estimate of drug-likeness (QED) is 0.856. The van der Waals surface area contributed by atoms with Crippen molar-refractivity contribution in [3.8, 4) is 0 Å². The molecule has 2 nitrogen and oxygen atoms in total. The summed E-state index contributed by atoms with van der Waals surface area (Å²) in [5, 5.41) is 0. The van der Waals surface area contributed by atoms with E-state index in [1.165, 1.54) is 11.1 Å². The Morgan fingerprint density at radius 3 is 2.00 bits per heavy atom. The van der Waals surface area contributed by atoms with Gasteiger partial charge in [-0.05, 0) is 25.2 Å². The first kappa shape index (κ1) is 14.6. The van der Waals surface area contributed by atoms with E-state index in [-0.39, 0.29) is 11.0 Å². The van der Waals surface area contributed by atoms with Gasteiger partial charge in [0, 0.05) is 12.3 Å². The first-order chi connectivity index (χ1) is 10.2. The monoisotopic (exact) mass is 299 g/mol. The van der Waals surface area contributed by atoms with Crippen molar-refractivity contribution in [1.82, 2.24) is 4.90 Å². The van der Waals surface area contributed by atoms with Gasteiger partial charge in [0.1, 0.15) is 0 Å². The second kappa shape index (κ2) is 6.22. The maximum Gasteiger partial charge on any atom is 0.165 e. The third-order valence-electron chi connectivity index (χ3n) is 3.68. The molecule has 21 heavy (non-hydrogen) atoms. The Morgan fingerprint density at radius 2 is 1.52 bits per heavy atom. The van der Waals surface area contributed by atoms with E-state index in [1.54, 1.807) is 0 Å². The van der Waals surface area contributed by atoms with Crippen LogP contribution in [0.5, 0.6) is 0 Å². The maximum absolute atomic E-state index is 6.55. The molecule has 0 amide bonds. The Labute approximate surface area is 131 Å². The third-order valence-corrected chi connectivity index (χ3v) is 5.19. The number of benzene rings is 2. The topological polar surface area (TPSA) is 12.5 Å². The van der Waals surface area contributed by atoms with Crippen LogP contribution >= 0.6 is 11.8 Å². The third kappa shape index (κ3) is 3.00. The molecule has 3 rings (SSSR count). The van der Waals surface area contributed by atoms with Gasteiger partial charge in [0.25, 0.3) is 0 Å². The Hall–Kier alpha value is -1.29. The largest absolute Gasteiger partial charge is 0.350 e. The van der Waals surface area contributed by atoms with E-state index in [4.69, 9.17) is 4.74 Å². The summed E-state index contributed by atoms with van der Waals surface area (Å²) in [6.07, 6.45) is 0.255. The summed E-state index contributed by atoms with van der Waals surface area (Å²) in [4.78, 5) is 1.82. The van der Waals surface area contributed by atoms with E-state index < -0.39 is 0 Å². The summed E-state index contributed by atoms with van der Waals surface area (Å²) in [6, 6.07) is 21.1. The molecule has 1 fully saturated rings. The minimum absolute atomic E-state index is 0.255. The van der Waals surface area contributed by atoms with Gasteiger partial charge in [-0.2, -0.15) is 0 Å². The molecule has 0 radical (unpaired) electrons. The number of hydrogen-bond acceptors (Lipinski definition) is 3. The Morgan fingerprint density at radius 1 is 1.00 bits per heavy atom. The average Bonchev–Trinajstić information content (AvgIpc) is 2.93. The lowest BCUT2D eigenvalue weighted by Gasteiger charge is -2.30. The molecule has 1 aliphatic heterocycles. The Kier molecular flexibility index (Phi) is 4.34. The number of rotatable bonds is 4. The Bertz CT molecular complexity index is 531. The molecule has 1 saturated heterocycles. The zero-order valence-corrected chi connectivity index (χ0v) is 13.3. The van der Waals surface area contributed by atoms with Crippen LogP contribution in [-0.4, -0.2) is 37.4 Å². The predicted molar refractivity (Wildman–Crippen MR) is 89.5 cm³/mol. The van der Waals surface area contributed by atoms with Crippen LogP contribution in [0.15, 0.2) is 60.7 Å². The fourth-order valence-corrected chi connectivity index (χ4v) is 4.20. The highest BCUT2D eigenvalue weighted by atomic mass is 32.2. The van der Waals surface area contributed by atoms with Gasteiger partial charge in [-0.3, -0.25) is 0 Å². The number of thioether (sulfide) groups is 1. The maximum atomic E-state index is 6.55. The number of nitrogens with zero attached hydrogens (tertiary/aromatic N) is 1. The molecule has 0 unspecified atom stereocenters. The van der Waals surface area contributed by atoms with Gasteiger partial charge in [0.2, 0.25) is 0 Å². The zero-order chi connectivity index (χ0) is 14.7. The SMILES string of the molecule is CN(C)C[C@@H]1CSC(c2ccccc2)(c2ccccc2)O1. The summed E-state index contributed by atoms with van der Waals surface area (Å²) in [5.74, 6) is 1.02. The molecule has 2 aromatic rings. The van der Waals surface area contributed by atoms with Gasteiger partial charge < -0.3 is 9.64 Å². The van der Waals surface area contributed by atoms with E-state index in [2.05, 4.69) is 79.7 Å². The highest BCUT2D eigenvalue weighted by Gasteiger charge is 2.44. The number of hydrogen-bond donors (Lipinski definition) is 0. The van der Waals surface area contributed by atoms with Gasteiger partial charge in [0.15, 0.2) is 4.93 Å². The molecule has 0 bridgehead atoms. The lowest BCUT2D eigenvalue weighted by atomic mass is 10.0. The highest BCUT2D eigenvalue weighted by molar-refractivity contribution is 8.00. The average molecular weight is 299 g/mol. The first-order valence-electron chi connectivity index (χ1n) is 7.28. The van der Waals surface area contributed by atoms with Crippen LogP contribution in [0, 0.1) is 0 Å². The van der Waals surface area contributed by atoms with Crippen LogP contribution in [-0.2, 0) is 9.67 Å². The van der Waals surface area contributed by atoms with Crippen LogP contribution in [0.1, 0.15) is 11.1 Å². The van der Waals surface area contributed by atoms with E-state index in [0.29, 0.717) is 0 Å². The predicted octanol–water partition coefficient (Wildman–Crippen LogP) is 3.58. The smallest absolute Gasteiger partial charge is 0.165 e. The molecule has 110 valence electrons. The zero-order valence-electron chi connectivity index (χ0n) is 12.5. The van der Waals surface area contributed by atoms with Crippen LogP contribution in [0.25, 0.3) is 0 Å². The summed E-state index contributed by atoms with van der Waals surface area (Å²) >= 11 is 1.90. The molecule has 1 heterocycles. The van der Waals surface area contributed by atoms with Gasteiger partial charge in [-0.1, -0.05) is 60.7 Å². The lowest BCUT2D eigenvalue weighted by molar-refractivity contribution is 0.00300. The van der Waals surface area contributed by atoms with Gasteiger partial charge in [-0.15, -0.1) is 11.8 Å². The van der Waals surface area contributed by atoms with Crippen molar-refractivity contribution in [3.63, 3.8) is 0 Å². The highest BCUT2D eigenvalue weighted by Crippen LogP contribution is 2.49. The summed E-state index contributed by atoms with van der Waals surface area (Å²) in [6.45, 7) is 0.953. The molecule has 0 N–H and O–H groups in total. The van der Waals surface area contributed by atoms with E-state index >= 15 is 0 Å². The fraction of sp³-hybridized carbons (Fsp3) is 0.333. The molecule has 1 atom stereocenters. The molecule has 0 saturated carbocycles. The van der Waals surface area contributed by atoms with Gasteiger partial charge in [0.05, 0.1) is 6.10 Å². The van der Waals surface area contributed by atoms with Crippen molar-refractivity contribution in [2.24, 2.45) is 0 Å². The summed E-state index contributed by atoms with van der Waals surface area (Å²) < 4.78 is 6.55. The summed E-state index contributed by atoms with van der Waals surface area (Å²) in [5.41, 5.74) is 2.45. The summed E-state index contributed by atoms with van der Waals surface area (Å²) in [7, 11) is 4.19. The van der Waals surface area contributed by atoms with E-state index in [9.17, 15) is 0 Å². The molecule has 0 aromatic heterocycles. The molecule has 3 heteroatoms. The van der Waals surface area contributed by atoms with E-state index in [1.807, 2.05) is 11.8 Å².